The van der Waals surface area contributed by atoms with Crippen LogP contribution in [0.3, 0.4) is 0 Å². The lowest BCUT2D eigenvalue weighted by atomic mass is 10.2. The second-order valence-electron chi connectivity index (χ2n) is 4.31. The van der Waals surface area contributed by atoms with E-state index in [0.717, 1.165) is 11.1 Å². The van der Waals surface area contributed by atoms with E-state index < -0.39 is 0 Å². The highest BCUT2D eigenvalue weighted by Crippen LogP contribution is 2.27. The predicted octanol–water partition coefficient (Wildman–Crippen LogP) is 4.54. The molecule has 0 aliphatic carbocycles. The largest absolute Gasteiger partial charge is 0.489 e. The average molecular weight is 359 g/mol. The van der Waals surface area contributed by atoms with E-state index in [9.17, 15) is 4.39 Å². The SMILES string of the molecule is CNCc1c(Cl)cccc1OCc1cc(F)cc(Br)c1. The van der Waals surface area contributed by atoms with E-state index >= 15 is 0 Å². The van der Waals surface area contributed by atoms with Gasteiger partial charge in [0.25, 0.3) is 0 Å². The summed E-state index contributed by atoms with van der Waals surface area (Å²) in [5.41, 5.74) is 1.65. The van der Waals surface area contributed by atoms with Crippen LogP contribution in [0, 0.1) is 5.82 Å². The molecular formula is C15H14BrClFNO. The van der Waals surface area contributed by atoms with Crippen LogP contribution in [0.15, 0.2) is 40.9 Å². The molecule has 2 aromatic carbocycles. The van der Waals surface area contributed by atoms with Crippen molar-refractivity contribution in [3.8, 4) is 5.75 Å². The number of hydrogen-bond donors (Lipinski definition) is 1. The van der Waals surface area contributed by atoms with Crippen LogP contribution in [0.5, 0.6) is 5.75 Å². The van der Waals surface area contributed by atoms with Crippen LogP contribution in [0.25, 0.3) is 0 Å². The van der Waals surface area contributed by atoms with Gasteiger partial charge in [0.15, 0.2) is 0 Å². The second-order valence-corrected chi connectivity index (χ2v) is 5.64. The summed E-state index contributed by atoms with van der Waals surface area (Å²) in [4.78, 5) is 0. The van der Waals surface area contributed by atoms with Crippen LogP contribution >= 0.6 is 27.5 Å². The molecule has 0 saturated heterocycles. The third-order valence-corrected chi connectivity index (χ3v) is 3.56. The smallest absolute Gasteiger partial charge is 0.125 e. The fourth-order valence-electron chi connectivity index (χ4n) is 1.88. The van der Waals surface area contributed by atoms with Crippen LogP contribution in [-0.4, -0.2) is 7.05 Å². The lowest BCUT2D eigenvalue weighted by Crippen LogP contribution is -2.08. The zero-order valence-corrected chi connectivity index (χ0v) is 13.3. The van der Waals surface area contributed by atoms with Crippen LogP contribution < -0.4 is 10.1 Å². The number of benzene rings is 2. The lowest BCUT2D eigenvalue weighted by Gasteiger charge is -2.13. The summed E-state index contributed by atoms with van der Waals surface area (Å²) in [7, 11) is 1.84. The molecule has 0 aliphatic heterocycles. The Morgan fingerprint density at radius 3 is 2.80 bits per heavy atom. The van der Waals surface area contributed by atoms with Crippen molar-refractivity contribution in [3.05, 3.63) is 62.8 Å². The highest BCUT2D eigenvalue weighted by Gasteiger charge is 2.08. The molecule has 0 spiro atoms. The molecule has 106 valence electrons. The van der Waals surface area contributed by atoms with Crippen LogP contribution in [0.4, 0.5) is 4.39 Å². The summed E-state index contributed by atoms with van der Waals surface area (Å²) in [6.45, 7) is 0.898. The molecule has 2 aromatic rings. The van der Waals surface area contributed by atoms with Crippen molar-refractivity contribution in [1.29, 1.82) is 0 Å². The van der Waals surface area contributed by atoms with Gasteiger partial charge >= 0.3 is 0 Å². The van der Waals surface area contributed by atoms with Crippen molar-refractivity contribution >= 4 is 27.5 Å². The Bertz CT molecular complexity index is 586. The maximum absolute atomic E-state index is 13.3. The summed E-state index contributed by atoms with van der Waals surface area (Å²) >= 11 is 9.42. The van der Waals surface area contributed by atoms with Gasteiger partial charge in [0.2, 0.25) is 0 Å². The van der Waals surface area contributed by atoms with Gasteiger partial charge in [-0.05, 0) is 42.9 Å². The molecule has 0 heterocycles. The summed E-state index contributed by atoms with van der Waals surface area (Å²) < 4.78 is 19.7. The minimum absolute atomic E-state index is 0.285. The van der Waals surface area contributed by atoms with E-state index in [1.807, 2.05) is 31.3 Å². The van der Waals surface area contributed by atoms with Gasteiger partial charge in [-0.25, -0.2) is 4.39 Å². The number of rotatable bonds is 5. The van der Waals surface area contributed by atoms with Crippen LogP contribution in [0.2, 0.25) is 5.02 Å². The van der Waals surface area contributed by atoms with Gasteiger partial charge in [-0.1, -0.05) is 33.6 Å². The van der Waals surface area contributed by atoms with Crippen molar-refractivity contribution in [2.45, 2.75) is 13.2 Å². The molecule has 2 rings (SSSR count). The quantitative estimate of drug-likeness (QED) is 0.847. The molecule has 2 nitrogen and oxygen atoms in total. The van der Waals surface area contributed by atoms with E-state index in [1.165, 1.54) is 12.1 Å². The van der Waals surface area contributed by atoms with E-state index in [1.54, 1.807) is 0 Å². The minimum Gasteiger partial charge on any atom is -0.489 e. The summed E-state index contributed by atoms with van der Waals surface area (Å²) in [6.07, 6.45) is 0. The molecule has 1 N–H and O–H groups in total. The molecule has 0 amide bonds. The van der Waals surface area contributed by atoms with E-state index in [0.29, 0.717) is 21.8 Å². The van der Waals surface area contributed by atoms with Crippen molar-refractivity contribution in [1.82, 2.24) is 5.32 Å². The third-order valence-electron chi connectivity index (χ3n) is 2.75. The van der Waals surface area contributed by atoms with Crippen molar-refractivity contribution < 1.29 is 9.13 Å². The number of hydrogen-bond acceptors (Lipinski definition) is 2. The summed E-state index contributed by atoms with van der Waals surface area (Å²) in [6, 6.07) is 10.2. The zero-order chi connectivity index (χ0) is 14.5. The predicted molar refractivity (Wildman–Crippen MR) is 82.6 cm³/mol. The van der Waals surface area contributed by atoms with Crippen LogP contribution in [-0.2, 0) is 13.2 Å². The molecule has 20 heavy (non-hydrogen) atoms. The Hall–Kier alpha value is -1.10. The van der Waals surface area contributed by atoms with Gasteiger partial charge in [-0.2, -0.15) is 0 Å². The molecule has 5 heteroatoms. The molecule has 0 fully saturated rings. The molecular weight excluding hydrogens is 345 g/mol. The maximum Gasteiger partial charge on any atom is 0.125 e. The average Bonchev–Trinajstić information content (AvgIpc) is 2.38. The molecule has 0 unspecified atom stereocenters. The molecule has 0 atom stereocenters. The Kier molecular flexibility index (Phi) is 5.40. The summed E-state index contributed by atoms with van der Waals surface area (Å²) in [5, 5.41) is 3.70. The normalized spacial score (nSPS) is 10.6. The Morgan fingerprint density at radius 2 is 2.10 bits per heavy atom. The Morgan fingerprint density at radius 1 is 1.30 bits per heavy atom. The third kappa shape index (κ3) is 3.95. The standard InChI is InChI=1S/C15H14BrClFNO/c1-19-8-13-14(17)3-2-4-15(13)20-9-10-5-11(16)7-12(18)6-10/h2-7,19H,8-9H2,1H3. The van der Waals surface area contributed by atoms with Gasteiger partial charge in [0.1, 0.15) is 18.2 Å². The van der Waals surface area contributed by atoms with Gasteiger partial charge < -0.3 is 10.1 Å². The first-order valence-corrected chi connectivity index (χ1v) is 7.27. The second kappa shape index (κ2) is 7.07. The molecule has 0 saturated carbocycles. The van der Waals surface area contributed by atoms with Gasteiger partial charge in [-0.15, -0.1) is 0 Å². The Balaban J connectivity index is 2.16. The first-order valence-electron chi connectivity index (χ1n) is 6.10. The Labute approximate surface area is 131 Å². The molecule has 0 bridgehead atoms. The van der Waals surface area contributed by atoms with Gasteiger partial charge in [0, 0.05) is 21.6 Å². The zero-order valence-electron chi connectivity index (χ0n) is 10.9. The highest BCUT2D eigenvalue weighted by atomic mass is 79.9. The van der Waals surface area contributed by atoms with Crippen molar-refractivity contribution in [2.75, 3.05) is 7.05 Å². The van der Waals surface area contributed by atoms with E-state index in [-0.39, 0.29) is 12.4 Å². The highest BCUT2D eigenvalue weighted by molar-refractivity contribution is 9.10. The number of halogens is 3. The fraction of sp³-hybridized carbons (Fsp3) is 0.200. The first kappa shape index (κ1) is 15.3. The maximum atomic E-state index is 13.3. The molecule has 0 aliphatic rings. The van der Waals surface area contributed by atoms with Crippen molar-refractivity contribution in [2.24, 2.45) is 0 Å². The number of ether oxygens (including phenoxy) is 1. The minimum atomic E-state index is -0.292. The first-order chi connectivity index (χ1) is 9.60. The topological polar surface area (TPSA) is 21.3 Å². The fourth-order valence-corrected chi connectivity index (χ4v) is 2.62. The summed E-state index contributed by atoms with van der Waals surface area (Å²) in [5.74, 6) is 0.409. The van der Waals surface area contributed by atoms with E-state index in [4.69, 9.17) is 16.3 Å². The van der Waals surface area contributed by atoms with Crippen molar-refractivity contribution in [3.63, 3.8) is 0 Å². The molecule has 0 aromatic heterocycles. The lowest BCUT2D eigenvalue weighted by molar-refractivity contribution is 0.301. The van der Waals surface area contributed by atoms with Gasteiger partial charge in [-0.3, -0.25) is 0 Å². The number of nitrogens with one attached hydrogen (secondary N) is 1. The van der Waals surface area contributed by atoms with Crippen LogP contribution in [0.1, 0.15) is 11.1 Å². The molecule has 0 radical (unpaired) electrons. The van der Waals surface area contributed by atoms with Gasteiger partial charge in [0.05, 0.1) is 0 Å². The monoisotopic (exact) mass is 357 g/mol. The van der Waals surface area contributed by atoms with E-state index in [2.05, 4.69) is 21.2 Å².